The number of halogens is 1. The van der Waals surface area contributed by atoms with E-state index in [9.17, 15) is 19.5 Å². The Hall–Kier alpha value is -4.24. The van der Waals surface area contributed by atoms with Crippen molar-refractivity contribution in [3.8, 4) is 11.5 Å². The number of carbonyl (C=O) groups excluding carboxylic acids is 2. The smallest absolute Gasteiger partial charge is 0.326 e. The molecule has 0 radical (unpaired) electrons. The van der Waals surface area contributed by atoms with Crippen molar-refractivity contribution < 1.29 is 29.0 Å². The van der Waals surface area contributed by atoms with Gasteiger partial charge in [0.2, 0.25) is 0 Å². The lowest BCUT2D eigenvalue weighted by molar-refractivity contribution is -0.139. The van der Waals surface area contributed by atoms with Crippen LogP contribution in [0.4, 0.5) is 16.2 Å². The number of hydrogen-bond donors (Lipinski definition) is 4. The van der Waals surface area contributed by atoms with Gasteiger partial charge in [0.25, 0.3) is 5.91 Å². The minimum Gasteiger partial charge on any atom is -0.493 e. The number of aryl methyl sites for hydroxylation is 1. The van der Waals surface area contributed by atoms with Crippen molar-refractivity contribution in [3.05, 3.63) is 82.4 Å². The van der Waals surface area contributed by atoms with Gasteiger partial charge in [0.1, 0.15) is 6.04 Å². The number of aliphatic carboxylic acids is 1. The second kappa shape index (κ2) is 11.9. The lowest BCUT2D eigenvalue weighted by Gasteiger charge is -2.19. The highest BCUT2D eigenvalue weighted by Gasteiger charge is 2.25. The van der Waals surface area contributed by atoms with E-state index in [1.54, 1.807) is 49.4 Å². The summed E-state index contributed by atoms with van der Waals surface area (Å²) in [4.78, 5) is 37.9. The number of hydrogen-bond acceptors (Lipinski definition) is 5. The van der Waals surface area contributed by atoms with E-state index in [0.29, 0.717) is 10.7 Å². The summed E-state index contributed by atoms with van der Waals surface area (Å²) in [6.45, 7) is 1.79. The number of rotatable bonds is 9. The highest BCUT2D eigenvalue weighted by molar-refractivity contribution is 6.34. The molecule has 0 heterocycles. The van der Waals surface area contributed by atoms with E-state index in [1.807, 2.05) is 6.07 Å². The van der Waals surface area contributed by atoms with Crippen LogP contribution in [0.25, 0.3) is 0 Å². The minimum absolute atomic E-state index is 0.0157. The van der Waals surface area contributed by atoms with E-state index in [2.05, 4.69) is 16.0 Å². The number of para-hydroxylation sites is 1. The second-order valence-electron chi connectivity index (χ2n) is 7.82. The number of nitrogens with one attached hydrogen (secondary N) is 3. The maximum atomic E-state index is 13.2. The Morgan fingerprint density at radius 2 is 1.61 bits per heavy atom. The Bertz CT molecular complexity index is 1250. The molecule has 0 spiro atoms. The molecule has 0 aliphatic heterocycles. The first-order chi connectivity index (χ1) is 17.2. The summed E-state index contributed by atoms with van der Waals surface area (Å²) in [7, 11) is 2.81. The normalized spacial score (nSPS) is 11.2. The number of amides is 3. The number of carboxylic acid groups (broad SMARTS) is 1. The van der Waals surface area contributed by atoms with Gasteiger partial charge in [-0.25, -0.2) is 9.59 Å². The predicted octanol–water partition coefficient (Wildman–Crippen LogP) is 4.74. The van der Waals surface area contributed by atoms with Gasteiger partial charge in [-0.05, 0) is 30.2 Å². The fraction of sp³-hybridized carbons (Fsp3) is 0.192. The molecule has 0 aliphatic carbocycles. The summed E-state index contributed by atoms with van der Waals surface area (Å²) >= 11 is 6.20. The highest BCUT2D eigenvalue weighted by atomic mass is 35.5. The number of anilines is 2. The third-order valence-corrected chi connectivity index (χ3v) is 5.68. The maximum Gasteiger partial charge on any atom is 0.326 e. The number of benzene rings is 3. The van der Waals surface area contributed by atoms with Crippen LogP contribution >= 0.6 is 11.6 Å². The summed E-state index contributed by atoms with van der Waals surface area (Å²) in [6.07, 6.45) is 0.0736. The van der Waals surface area contributed by atoms with Crippen LogP contribution < -0.4 is 25.4 Å². The van der Waals surface area contributed by atoms with Gasteiger partial charge in [-0.1, -0.05) is 54.1 Å². The molecule has 4 N–H and O–H groups in total. The Morgan fingerprint density at radius 3 is 2.22 bits per heavy atom. The Balaban J connectivity index is 1.90. The molecule has 10 heteroatoms. The lowest BCUT2D eigenvalue weighted by atomic mass is 10.0. The van der Waals surface area contributed by atoms with Crippen LogP contribution in [0, 0.1) is 6.92 Å². The van der Waals surface area contributed by atoms with Gasteiger partial charge in [0.15, 0.2) is 11.5 Å². The summed E-state index contributed by atoms with van der Waals surface area (Å²) in [5, 5.41) is 17.9. The van der Waals surface area contributed by atoms with Crippen LogP contribution in [0.1, 0.15) is 21.5 Å². The summed E-state index contributed by atoms with van der Waals surface area (Å²) in [6, 6.07) is 15.0. The SMILES string of the molecule is COc1cc(NC(=O)Nc2c(C)cccc2Cl)c(C(=O)N[C@@H](Cc2ccccc2)C(=O)O)cc1OC. The molecule has 9 nitrogen and oxygen atoms in total. The minimum atomic E-state index is -1.21. The number of methoxy groups -OCH3 is 2. The van der Waals surface area contributed by atoms with Gasteiger partial charge >= 0.3 is 12.0 Å². The first-order valence-electron chi connectivity index (χ1n) is 10.9. The van der Waals surface area contributed by atoms with E-state index in [0.717, 1.165) is 11.1 Å². The van der Waals surface area contributed by atoms with E-state index in [1.165, 1.54) is 26.4 Å². The quantitative estimate of drug-likeness (QED) is 0.329. The van der Waals surface area contributed by atoms with Crippen molar-refractivity contribution in [2.75, 3.05) is 24.9 Å². The van der Waals surface area contributed by atoms with Crippen molar-refractivity contribution in [1.82, 2.24) is 5.32 Å². The fourth-order valence-electron chi connectivity index (χ4n) is 3.51. The zero-order valence-electron chi connectivity index (χ0n) is 19.9. The van der Waals surface area contributed by atoms with E-state index in [-0.39, 0.29) is 29.2 Å². The summed E-state index contributed by atoms with van der Waals surface area (Å²) in [5.41, 5.74) is 1.96. The van der Waals surface area contributed by atoms with Crippen LogP contribution in [0.2, 0.25) is 5.02 Å². The zero-order chi connectivity index (χ0) is 26.2. The van der Waals surface area contributed by atoms with Gasteiger partial charge in [0, 0.05) is 12.5 Å². The number of urea groups is 1. The molecule has 0 saturated heterocycles. The van der Waals surface area contributed by atoms with Crippen LogP contribution in [0.3, 0.4) is 0 Å². The first kappa shape index (κ1) is 26.4. The number of carboxylic acids is 1. The first-order valence-corrected chi connectivity index (χ1v) is 11.3. The van der Waals surface area contributed by atoms with E-state index >= 15 is 0 Å². The molecule has 0 unspecified atom stereocenters. The van der Waals surface area contributed by atoms with Gasteiger partial charge in [0.05, 0.1) is 36.2 Å². The van der Waals surface area contributed by atoms with E-state index in [4.69, 9.17) is 21.1 Å². The molecular formula is C26H26ClN3O6. The third kappa shape index (κ3) is 6.45. The number of carbonyl (C=O) groups is 3. The largest absolute Gasteiger partial charge is 0.493 e. The molecule has 3 rings (SSSR count). The number of ether oxygens (including phenoxy) is 2. The molecule has 1 atom stereocenters. The molecular weight excluding hydrogens is 486 g/mol. The molecule has 0 bridgehead atoms. The molecule has 36 heavy (non-hydrogen) atoms. The molecule has 188 valence electrons. The zero-order valence-corrected chi connectivity index (χ0v) is 20.7. The molecule has 3 aromatic rings. The van der Waals surface area contributed by atoms with Crippen LogP contribution in [-0.4, -0.2) is 43.3 Å². The standard InChI is InChI=1S/C26H26ClN3O6/c1-15-8-7-11-18(27)23(15)30-26(34)29-19-14-22(36-3)21(35-2)13-17(19)24(31)28-20(25(32)33)12-16-9-5-4-6-10-16/h4-11,13-14,20H,12H2,1-3H3,(H,28,31)(H,32,33)(H2,29,30,34)/t20-/m0/s1. The van der Waals surface area contributed by atoms with Crippen molar-refractivity contribution >= 4 is 40.9 Å². The van der Waals surface area contributed by atoms with Crippen molar-refractivity contribution in [2.24, 2.45) is 0 Å². The van der Waals surface area contributed by atoms with Gasteiger partial charge < -0.3 is 30.5 Å². The fourth-order valence-corrected chi connectivity index (χ4v) is 3.78. The Labute approximate surface area is 213 Å². The molecule has 0 fully saturated rings. The van der Waals surface area contributed by atoms with E-state index < -0.39 is 23.9 Å². The van der Waals surface area contributed by atoms with Crippen molar-refractivity contribution in [3.63, 3.8) is 0 Å². The van der Waals surface area contributed by atoms with Crippen LogP contribution in [0.5, 0.6) is 11.5 Å². The Kier molecular flexibility index (Phi) is 8.75. The maximum absolute atomic E-state index is 13.2. The lowest BCUT2D eigenvalue weighted by Crippen LogP contribution is -2.42. The Morgan fingerprint density at radius 1 is 0.944 bits per heavy atom. The summed E-state index contributed by atoms with van der Waals surface area (Å²) in [5.74, 6) is -1.43. The molecule has 0 aromatic heterocycles. The molecule has 3 amide bonds. The topological polar surface area (TPSA) is 126 Å². The van der Waals surface area contributed by atoms with Gasteiger partial charge in [-0.2, -0.15) is 0 Å². The average Bonchev–Trinajstić information content (AvgIpc) is 2.86. The van der Waals surface area contributed by atoms with Crippen molar-refractivity contribution in [1.29, 1.82) is 0 Å². The van der Waals surface area contributed by atoms with Crippen molar-refractivity contribution in [2.45, 2.75) is 19.4 Å². The van der Waals surface area contributed by atoms with Crippen LogP contribution in [-0.2, 0) is 11.2 Å². The van der Waals surface area contributed by atoms with Gasteiger partial charge in [-0.15, -0.1) is 0 Å². The molecule has 0 saturated carbocycles. The summed E-state index contributed by atoms with van der Waals surface area (Å²) < 4.78 is 10.6. The third-order valence-electron chi connectivity index (χ3n) is 5.36. The molecule has 0 aliphatic rings. The van der Waals surface area contributed by atoms with Gasteiger partial charge in [-0.3, -0.25) is 4.79 Å². The monoisotopic (exact) mass is 511 g/mol. The second-order valence-corrected chi connectivity index (χ2v) is 8.22. The highest BCUT2D eigenvalue weighted by Crippen LogP contribution is 2.34. The average molecular weight is 512 g/mol. The van der Waals surface area contributed by atoms with Crippen LogP contribution in [0.15, 0.2) is 60.7 Å². The predicted molar refractivity (Wildman–Crippen MR) is 137 cm³/mol. The molecule has 3 aromatic carbocycles.